The van der Waals surface area contributed by atoms with Crippen molar-refractivity contribution in [1.29, 1.82) is 5.41 Å². The van der Waals surface area contributed by atoms with Gasteiger partial charge in [0.1, 0.15) is 6.33 Å². The molecule has 1 N–H and O–H groups in total. The number of aryl methyl sites for hydroxylation is 1. The third-order valence-electron chi connectivity index (χ3n) is 4.71. The second-order valence-electron chi connectivity index (χ2n) is 7.44. The van der Waals surface area contributed by atoms with Gasteiger partial charge in [0.15, 0.2) is 0 Å². The van der Waals surface area contributed by atoms with Crippen LogP contribution in [0.4, 0.5) is 0 Å². The third-order valence-corrected chi connectivity index (χ3v) is 4.71. The summed E-state index contributed by atoms with van der Waals surface area (Å²) in [6, 6.07) is 4.02. The zero-order chi connectivity index (χ0) is 21.6. The number of rotatable bonds is 8. The molecule has 0 saturated carbocycles. The van der Waals surface area contributed by atoms with Crippen molar-refractivity contribution in [2.45, 2.75) is 67.2 Å². The molecule has 156 valence electrons. The molecule has 4 nitrogen and oxygen atoms in total. The number of hydrogen-bond acceptors (Lipinski definition) is 4. The Labute approximate surface area is 176 Å². The van der Waals surface area contributed by atoms with Crippen molar-refractivity contribution >= 4 is 17.4 Å². The summed E-state index contributed by atoms with van der Waals surface area (Å²) in [4.78, 5) is 13.1. The Bertz CT molecular complexity index is 805. The minimum absolute atomic E-state index is 0.811. The van der Waals surface area contributed by atoms with Crippen LogP contribution in [-0.4, -0.2) is 21.2 Å². The van der Waals surface area contributed by atoms with Crippen molar-refractivity contribution in [2.75, 3.05) is 0 Å². The molecule has 2 rings (SSSR count). The van der Waals surface area contributed by atoms with E-state index >= 15 is 0 Å². The fraction of sp³-hybridized carbons (Fsp3) is 0.440. The van der Waals surface area contributed by atoms with E-state index in [-0.39, 0.29) is 0 Å². The molecule has 0 spiro atoms. The summed E-state index contributed by atoms with van der Waals surface area (Å²) in [5.74, 6) is 0.884. The van der Waals surface area contributed by atoms with E-state index < -0.39 is 0 Å². The zero-order valence-electron chi connectivity index (χ0n) is 18.9. The number of aromatic nitrogens is 3. The highest BCUT2D eigenvalue weighted by molar-refractivity contribution is 6.07. The average molecular weight is 393 g/mol. The van der Waals surface area contributed by atoms with Crippen LogP contribution in [0.5, 0.6) is 0 Å². The van der Waals surface area contributed by atoms with Crippen LogP contribution in [0.15, 0.2) is 43.0 Å². The number of unbranched alkanes of at least 4 members (excludes halogenated alkanes) is 2. The Morgan fingerprint density at radius 2 is 1.79 bits per heavy atom. The molecular formula is C25H36N4. The van der Waals surface area contributed by atoms with E-state index in [1.807, 2.05) is 31.5 Å². The lowest BCUT2D eigenvalue weighted by Gasteiger charge is -2.12. The fourth-order valence-corrected chi connectivity index (χ4v) is 2.51. The average Bonchev–Trinajstić information content (AvgIpc) is 2.74. The SMILES string of the molecule is C/C=C(\C=N)c1ccc(C)c(/C(=C\CCCC)c2cncnc2)n1.CCC(C)C. The fourth-order valence-electron chi connectivity index (χ4n) is 2.51. The predicted octanol–water partition coefficient (Wildman–Crippen LogP) is 6.91. The number of allylic oxidation sites excluding steroid dienone is 3. The molecule has 0 aromatic carbocycles. The Balaban J connectivity index is 0.000000749. The second kappa shape index (κ2) is 13.5. The van der Waals surface area contributed by atoms with Crippen molar-refractivity contribution in [3.8, 4) is 0 Å². The molecule has 2 heterocycles. The normalized spacial score (nSPS) is 11.8. The summed E-state index contributed by atoms with van der Waals surface area (Å²) in [6.07, 6.45) is 15.2. The number of pyridine rings is 1. The van der Waals surface area contributed by atoms with Gasteiger partial charge in [-0.05, 0) is 37.8 Å². The lowest BCUT2D eigenvalue weighted by molar-refractivity contribution is 0.626. The van der Waals surface area contributed by atoms with Crippen molar-refractivity contribution < 1.29 is 0 Å². The van der Waals surface area contributed by atoms with Crippen molar-refractivity contribution in [1.82, 2.24) is 15.0 Å². The van der Waals surface area contributed by atoms with Gasteiger partial charge in [-0.2, -0.15) is 0 Å². The van der Waals surface area contributed by atoms with Gasteiger partial charge in [0, 0.05) is 35.3 Å². The molecular weight excluding hydrogens is 356 g/mol. The predicted molar refractivity (Wildman–Crippen MR) is 125 cm³/mol. The molecule has 0 atom stereocenters. The molecule has 0 saturated heterocycles. The van der Waals surface area contributed by atoms with E-state index in [1.165, 1.54) is 19.0 Å². The molecule has 0 fully saturated rings. The summed E-state index contributed by atoms with van der Waals surface area (Å²) in [7, 11) is 0. The van der Waals surface area contributed by atoms with Crippen LogP contribution in [-0.2, 0) is 0 Å². The highest BCUT2D eigenvalue weighted by Gasteiger charge is 2.12. The zero-order valence-corrected chi connectivity index (χ0v) is 18.9. The quantitative estimate of drug-likeness (QED) is 0.392. The summed E-state index contributed by atoms with van der Waals surface area (Å²) >= 11 is 0. The maximum Gasteiger partial charge on any atom is 0.115 e. The van der Waals surface area contributed by atoms with Crippen LogP contribution in [0.2, 0.25) is 0 Å². The smallest absolute Gasteiger partial charge is 0.115 e. The van der Waals surface area contributed by atoms with Gasteiger partial charge in [-0.3, -0.25) is 0 Å². The van der Waals surface area contributed by atoms with Gasteiger partial charge in [0.25, 0.3) is 0 Å². The summed E-state index contributed by atoms with van der Waals surface area (Å²) < 4.78 is 0. The highest BCUT2D eigenvalue weighted by atomic mass is 14.8. The van der Waals surface area contributed by atoms with Crippen LogP contribution in [0.3, 0.4) is 0 Å². The van der Waals surface area contributed by atoms with Gasteiger partial charge in [-0.25, -0.2) is 15.0 Å². The molecule has 2 aromatic heterocycles. The van der Waals surface area contributed by atoms with Gasteiger partial charge in [-0.1, -0.05) is 65.2 Å². The number of nitrogens with zero attached hydrogens (tertiary/aromatic N) is 3. The number of hydrogen-bond donors (Lipinski definition) is 1. The summed E-state index contributed by atoms with van der Waals surface area (Å²) in [5.41, 5.74) is 5.69. The molecule has 0 aliphatic heterocycles. The van der Waals surface area contributed by atoms with E-state index in [4.69, 9.17) is 10.4 Å². The maximum absolute atomic E-state index is 7.56. The minimum atomic E-state index is 0.811. The minimum Gasteiger partial charge on any atom is -0.308 e. The maximum atomic E-state index is 7.56. The largest absolute Gasteiger partial charge is 0.308 e. The van der Waals surface area contributed by atoms with Gasteiger partial charge in [0.05, 0.1) is 11.4 Å². The van der Waals surface area contributed by atoms with E-state index in [0.29, 0.717) is 0 Å². The van der Waals surface area contributed by atoms with Gasteiger partial charge in [-0.15, -0.1) is 0 Å². The Hall–Kier alpha value is -2.62. The Morgan fingerprint density at radius 3 is 2.31 bits per heavy atom. The Morgan fingerprint density at radius 1 is 1.14 bits per heavy atom. The molecule has 0 bridgehead atoms. The van der Waals surface area contributed by atoms with Crippen LogP contribution in [0.1, 0.15) is 82.8 Å². The molecule has 0 unspecified atom stereocenters. The van der Waals surface area contributed by atoms with Gasteiger partial charge < -0.3 is 5.41 Å². The van der Waals surface area contributed by atoms with E-state index in [2.05, 4.69) is 56.7 Å². The second-order valence-corrected chi connectivity index (χ2v) is 7.44. The molecule has 0 amide bonds. The van der Waals surface area contributed by atoms with Crippen molar-refractivity contribution in [3.05, 3.63) is 65.5 Å². The topological polar surface area (TPSA) is 62.5 Å². The number of nitrogens with one attached hydrogen (secondary N) is 1. The first-order valence-corrected chi connectivity index (χ1v) is 10.6. The first-order chi connectivity index (χ1) is 14.0. The lowest BCUT2D eigenvalue weighted by Crippen LogP contribution is -2.01. The molecule has 2 aromatic rings. The molecule has 29 heavy (non-hydrogen) atoms. The monoisotopic (exact) mass is 392 g/mol. The van der Waals surface area contributed by atoms with Gasteiger partial charge >= 0.3 is 0 Å². The van der Waals surface area contributed by atoms with Crippen LogP contribution in [0.25, 0.3) is 11.1 Å². The molecule has 4 heteroatoms. The summed E-state index contributed by atoms with van der Waals surface area (Å²) in [5, 5.41) is 7.56. The molecule has 0 aliphatic rings. The van der Waals surface area contributed by atoms with E-state index in [1.54, 1.807) is 0 Å². The van der Waals surface area contributed by atoms with Crippen molar-refractivity contribution in [2.24, 2.45) is 5.92 Å². The standard InChI is InChI=1S/C20H24N4.C5H12/c1-4-6-7-8-18(17-12-22-14-23-13-17)20-15(3)9-10-19(24-20)16(5-2)11-21;1-4-5(2)3/h5,8-14,21H,4,6-7H2,1-3H3;5H,4H2,1-3H3/b16-5+,18-8-,21-11?;. The van der Waals surface area contributed by atoms with Crippen molar-refractivity contribution in [3.63, 3.8) is 0 Å². The molecule has 0 radical (unpaired) electrons. The van der Waals surface area contributed by atoms with Gasteiger partial charge in [0.2, 0.25) is 0 Å². The first kappa shape index (κ1) is 24.4. The Kier molecular flexibility index (Phi) is 11.4. The first-order valence-electron chi connectivity index (χ1n) is 10.6. The highest BCUT2D eigenvalue weighted by Crippen LogP contribution is 2.26. The lowest BCUT2D eigenvalue weighted by atomic mass is 9.98. The van der Waals surface area contributed by atoms with Crippen LogP contribution < -0.4 is 0 Å². The van der Waals surface area contributed by atoms with Crippen LogP contribution in [0, 0.1) is 18.3 Å². The molecule has 0 aliphatic carbocycles. The van der Waals surface area contributed by atoms with Crippen LogP contribution >= 0.6 is 0 Å². The van der Waals surface area contributed by atoms with E-state index in [9.17, 15) is 0 Å². The third kappa shape index (κ3) is 8.10. The van der Waals surface area contributed by atoms with E-state index in [0.717, 1.165) is 58.8 Å². The summed E-state index contributed by atoms with van der Waals surface area (Å²) in [6.45, 7) is 12.8.